The molecule has 1 amide bonds. The van der Waals surface area contributed by atoms with Crippen LogP contribution in [0.25, 0.3) is 10.9 Å². The molecular formula is C20H21N3O4. The number of hydrogen-bond donors (Lipinski definition) is 0. The van der Waals surface area contributed by atoms with Crippen LogP contribution in [0, 0.1) is 0 Å². The van der Waals surface area contributed by atoms with E-state index >= 15 is 0 Å². The molecule has 0 spiro atoms. The lowest BCUT2D eigenvalue weighted by Gasteiger charge is -2.19. The highest BCUT2D eigenvalue weighted by atomic mass is 16.5. The fourth-order valence-electron chi connectivity index (χ4n) is 3.18. The zero-order valence-electron chi connectivity index (χ0n) is 15.1. The van der Waals surface area contributed by atoms with Crippen LogP contribution in [0.2, 0.25) is 0 Å². The Labute approximate surface area is 156 Å². The minimum atomic E-state index is -0.188. The first-order valence-electron chi connectivity index (χ1n) is 8.99. The Morgan fingerprint density at radius 3 is 3.07 bits per heavy atom. The largest absolute Gasteiger partial charge is 0.482 e. The summed E-state index contributed by atoms with van der Waals surface area (Å²) in [6.07, 6.45) is 5.22. The molecule has 3 aromatic rings. The highest BCUT2D eigenvalue weighted by Gasteiger charge is 2.23. The Morgan fingerprint density at radius 2 is 2.22 bits per heavy atom. The van der Waals surface area contributed by atoms with Crippen molar-refractivity contribution < 1.29 is 18.7 Å². The molecule has 1 saturated heterocycles. The number of nitrogens with zero attached hydrogens (tertiary/aromatic N) is 3. The zero-order valence-corrected chi connectivity index (χ0v) is 15.1. The number of amides is 1. The van der Waals surface area contributed by atoms with E-state index < -0.39 is 0 Å². The minimum absolute atomic E-state index is 0.104. The van der Waals surface area contributed by atoms with Gasteiger partial charge in [0.15, 0.2) is 12.3 Å². The van der Waals surface area contributed by atoms with E-state index in [0.29, 0.717) is 18.2 Å². The molecule has 0 unspecified atom stereocenters. The predicted octanol–water partition coefficient (Wildman–Crippen LogP) is 3.05. The summed E-state index contributed by atoms with van der Waals surface area (Å²) in [4.78, 5) is 22.7. The standard InChI is InChI=1S/C20H21N3O4/c1-23(11-15-7-4-10-25-15)20(24)16-12-27-18(22-16)13-26-17-8-2-5-14-6-3-9-21-19(14)17/h2-3,5-6,8-9,12,15H,4,7,10-11,13H2,1H3/t15-/m0/s1. The second kappa shape index (κ2) is 7.75. The lowest BCUT2D eigenvalue weighted by atomic mass is 10.2. The van der Waals surface area contributed by atoms with Gasteiger partial charge in [0.1, 0.15) is 17.5 Å². The number of fused-ring (bicyclic) bond motifs is 1. The third kappa shape index (κ3) is 3.93. The Balaban J connectivity index is 1.39. The molecule has 1 aliphatic heterocycles. The third-order valence-corrected chi connectivity index (χ3v) is 4.57. The van der Waals surface area contributed by atoms with Crippen LogP contribution in [0.3, 0.4) is 0 Å². The van der Waals surface area contributed by atoms with Crippen molar-refractivity contribution in [1.29, 1.82) is 0 Å². The third-order valence-electron chi connectivity index (χ3n) is 4.57. The van der Waals surface area contributed by atoms with Gasteiger partial charge >= 0.3 is 0 Å². The van der Waals surface area contributed by atoms with E-state index in [0.717, 1.165) is 30.4 Å². The van der Waals surface area contributed by atoms with Crippen molar-refractivity contribution >= 4 is 16.8 Å². The van der Waals surface area contributed by atoms with Crippen molar-refractivity contribution in [3.63, 3.8) is 0 Å². The molecule has 7 nitrogen and oxygen atoms in total. The Kier molecular flexibility index (Phi) is 5.02. The second-order valence-electron chi connectivity index (χ2n) is 6.57. The molecule has 0 aliphatic carbocycles. The van der Waals surface area contributed by atoms with E-state index in [2.05, 4.69) is 9.97 Å². The van der Waals surface area contributed by atoms with E-state index in [1.807, 2.05) is 30.3 Å². The zero-order chi connectivity index (χ0) is 18.6. The van der Waals surface area contributed by atoms with Gasteiger partial charge in [-0.15, -0.1) is 0 Å². The van der Waals surface area contributed by atoms with Crippen LogP contribution in [0.1, 0.15) is 29.2 Å². The fourth-order valence-corrected chi connectivity index (χ4v) is 3.18. The number of aromatic nitrogens is 2. The molecule has 27 heavy (non-hydrogen) atoms. The van der Waals surface area contributed by atoms with Crippen LogP contribution in [-0.4, -0.2) is 47.1 Å². The number of oxazole rings is 1. The first-order chi connectivity index (χ1) is 13.2. The molecule has 0 radical (unpaired) electrons. The van der Waals surface area contributed by atoms with Crippen LogP contribution in [0.15, 0.2) is 47.2 Å². The molecule has 1 fully saturated rings. The molecule has 0 bridgehead atoms. The second-order valence-corrected chi connectivity index (χ2v) is 6.57. The van der Waals surface area contributed by atoms with Crippen LogP contribution in [-0.2, 0) is 11.3 Å². The van der Waals surface area contributed by atoms with E-state index in [4.69, 9.17) is 13.9 Å². The Morgan fingerprint density at radius 1 is 1.33 bits per heavy atom. The van der Waals surface area contributed by atoms with Gasteiger partial charge in [-0.2, -0.15) is 0 Å². The molecule has 1 atom stereocenters. The number of pyridine rings is 1. The number of carbonyl (C=O) groups is 1. The average Bonchev–Trinajstić information content (AvgIpc) is 3.37. The van der Waals surface area contributed by atoms with Crippen molar-refractivity contribution in [3.8, 4) is 5.75 Å². The summed E-state index contributed by atoms with van der Waals surface area (Å²) in [5, 5.41) is 0.994. The van der Waals surface area contributed by atoms with Gasteiger partial charge in [0.25, 0.3) is 5.91 Å². The maximum absolute atomic E-state index is 12.5. The quantitative estimate of drug-likeness (QED) is 0.666. The highest BCUT2D eigenvalue weighted by molar-refractivity contribution is 5.91. The normalized spacial score (nSPS) is 16.6. The van der Waals surface area contributed by atoms with Crippen LogP contribution in [0.5, 0.6) is 5.75 Å². The molecule has 1 aromatic carbocycles. The number of carbonyl (C=O) groups excluding carboxylic acids is 1. The summed E-state index contributed by atoms with van der Waals surface area (Å²) < 4.78 is 16.8. The Hall–Kier alpha value is -2.93. The molecule has 1 aliphatic rings. The maximum Gasteiger partial charge on any atom is 0.275 e. The molecular weight excluding hydrogens is 346 g/mol. The monoisotopic (exact) mass is 367 g/mol. The van der Waals surface area contributed by atoms with E-state index in [9.17, 15) is 4.79 Å². The molecule has 2 aromatic heterocycles. The van der Waals surface area contributed by atoms with Crippen molar-refractivity contribution in [2.75, 3.05) is 20.2 Å². The fraction of sp³-hybridized carbons (Fsp3) is 0.350. The molecule has 140 valence electrons. The van der Waals surface area contributed by atoms with Crippen LogP contribution >= 0.6 is 0 Å². The van der Waals surface area contributed by atoms with Gasteiger partial charge < -0.3 is 18.8 Å². The van der Waals surface area contributed by atoms with Crippen molar-refractivity contribution in [1.82, 2.24) is 14.9 Å². The van der Waals surface area contributed by atoms with Gasteiger partial charge in [0.05, 0.1) is 6.10 Å². The van der Waals surface area contributed by atoms with Gasteiger partial charge in [-0.1, -0.05) is 18.2 Å². The van der Waals surface area contributed by atoms with Crippen molar-refractivity contribution in [3.05, 3.63) is 54.4 Å². The SMILES string of the molecule is CN(C[C@@H]1CCCO1)C(=O)c1coc(COc2cccc3cccnc23)n1. The highest BCUT2D eigenvalue weighted by Crippen LogP contribution is 2.24. The van der Waals surface area contributed by atoms with E-state index in [1.165, 1.54) is 6.26 Å². The summed E-state index contributed by atoms with van der Waals surface area (Å²) in [5.74, 6) is 0.804. The lowest BCUT2D eigenvalue weighted by molar-refractivity contribution is 0.0582. The molecule has 0 N–H and O–H groups in total. The Bertz CT molecular complexity index is 928. The smallest absolute Gasteiger partial charge is 0.275 e. The van der Waals surface area contributed by atoms with Gasteiger partial charge in [-0.3, -0.25) is 9.78 Å². The van der Waals surface area contributed by atoms with E-state index in [-0.39, 0.29) is 24.3 Å². The van der Waals surface area contributed by atoms with Crippen molar-refractivity contribution in [2.24, 2.45) is 0 Å². The first kappa shape index (κ1) is 17.5. The van der Waals surface area contributed by atoms with Gasteiger partial charge in [0, 0.05) is 31.8 Å². The molecule has 4 rings (SSSR count). The molecule has 0 saturated carbocycles. The first-order valence-corrected chi connectivity index (χ1v) is 8.99. The summed E-state index contributed by atoms with van der Waals surface area (Å²) in [5.41, 5.74) is 1.05. The van der Waals surface area contributed by atoms with Gasteiger partial charge in [0.2, 0.25) is 5.89 Å². The van der Waals surface area contributed by atoms with Crippen molar-refractivity contribution in [2.45, 2.75) is 25.6 Å². The summed E-state index contributed by atoms with van der Waals surface area (Å²) >= 11 is 0. The van der Waals surface area contributed by atoms with Crippen LogP contribution < -0.4 is 4.74 Å². The topological polar surface area (TPSA) is 77.7 Å². The summed E-state index contributed by atoms with van der Waals surface area (Å²) in [6, 6.07) is 9.58. The van der Waals surface area contributed by atoms with E-state index in [1.54, 1.807) is 18.1 Å². The van der Waals surface area contributed by atoms with Gasteiger partial charge in [-0.05, 0) is 25.0 Å². The van der Waals surface area contributed by atoms with Crippen LogP contribution in [0.4, 0.5) is 0 Å². The number of likely N-dealkylation sites (N-methyl/N-ethyl adjacent to an activating group) is 1. The predicted molar refractivity (Wildman–Crippen MR) is 98.5 cm³/mol. The number of rotatable bonds is 6. The van der Waals surface area contributed by atoms with Gasteiger partial charge in [-0.25, -0.2) is 4.98 Å². The molecule has 7 heteroatoms. The summed E-state index contributed by atoms with van der Waals surface area (Å²) in [6.45, 7) is 1.44. The maximum atomic E-state index is 12.5. The lowest BCUT2D eigenvalue weighted by Crippen LogP contribution is -2.34. The number of hydrogen-bond acceptors (Lipinski definition) is 6. The number of benzene rings is 1. The molecule has 3 heterocycles. The average molecular weight is 367 g/mol. The minimum Gasteiger partial charge on any atom is -0.482 e. The number of ether oxygens (including phenoxy) is 2. The number of para-hydroxylation sites is 1. The summed E-state index contributed by atoms with van der Waals surface area (Å²) in [7, 11) is 1.75.